The van der Waals surface area contributed by atoms with Crippen LogP contribution in [0, 0.1) is 0 Å². The van der Waals surface area contributed by atoms with Crippen molar-refractivity contribution in [2.24, 2.45) is 0 Å². The van der Waals surface area contributed by atoms with Crippen LogP contribution in [0.5, 0.6) is 5.75 Å². The fourth-order valence-electron chi connectivity index (χ4n) is 1.67. The molecule has 0 aromatic heterocycles. The molecule has 1 aromatic rings. The topological polar surface area (TPSA) is 60.8 Å². The van der Waals surface area contributed by atoms with Crippen molar-refractivity contribution in [3.05, 3.63) is 29.8 Å². The Morgan fingerprint density at radius 2 is 1.94 bits per heavy atom. The zero-order valence-electron chi connectivity index (χ0n) is 9.55. The summed E-state index contributed by atoms with van der Waals surface area (Å²) in [4.78, 5) is 12.7. The third-order valence-corrected chi connectivity index (χ3v) is 2.57. The van der Waals surface area contributed by atoms with E-state index in [1.807, 2.05) is 6.92 Å². The molecule has 0 aliphatic carbocycles. The number of aliphatic carboxylic acids is 1. The summed E-state index contributed by atoms with van der Waals surface area (Å²) in [5.74, 6) is -0.583. The minimum atomic E-state index is -0.802. The summed E-state index contributed by atoms with van der Waals surface area (Å²) >= 11 is 0. The molecule has 16 heavy (non-hydrogen) atoms. The number of carboxylic acids is 1. The van der Waals surface area contributed by atoms with E-state index in [2.05, 4.69) is 0 Å². The number of carboxylic acid groups (broad SMARTS) is 1. The fraction of sp³-hybridized carbons (Fsp3) is 0.417. The smallest absolute Gasteiger partial charge is 0.320 e. The molecule has 0 fully saturated rings. The van der Waals surface area contributed by atoms with Gasteiger partial charge in [-0.15, -0.1) is 0 Å². The molecular formula is C12H17NO3. The first kappa shape index (κ1) is 12.5. The van der Waals surface area contributed by atoms with E-state index in [0.29, 0.717) is 13.0 Å². The highest BCUT2D eigenvalue weighted by atomic mass is 16.4. The molecule has 0 radical (unpaired) electrons. The van der Waals surface area contributed by atoms with E-state index in [9.17, 15) is 4.79 Å². The lowest BCUT2D eigenvalue weighted by atomic mass is 10.1. The van der Waals surface area contributed by atoms with Crippen LogP contribution >= 0.6 is 0 Å². The lowest BCUT2D eigenvalue weighted by Crippen LogP contribution is -2.37. The first-order chi connectivity index (χ1) is 7.54. The molecule has 0 saturated carbocycles. The van der Waals surface area contributed by atoms with E-state index in [0.717, 1.165) is 5.56 Å². The summed E-state index contributed by atoms with van der Waals surface area (Å²) in [7, 11) is 1.79. The molecule has 0 aliphatic heterocycles. The molecule has 0 bridgehead atoms. The van der Waals surface area contributed by atoms with Crippen molar-refractivity contribution in [3.63, 3.8) is 0 Å². The molecule has 0 amide bonds. The lowest BCUT2D eigenvalue weighted by Gasteiger charge is -2.23. The Morgan fingerprint density at radius 1 is 1.38 bits per heavy atom. The van der Waals surface area contributed by atoms with Gasteiger partial charge in [0.15, 0.2) is 0 Å². The number of carbonyl (C=O) groups is 1. The number of rotatable bonds is 5. The van der Waals surface area contributed by atoms with E-state index in [-0.39, 0.29) is 5.75 Å². The molecule has 1 aromatic carbocycles. The molecule has 2 N–H and O–H groups in total. The van der Waals surface area contributed by atoms with Crippen molar-refractivity contribution >= 4 is 5.97 Å². The minimum absolute atomic E-state index is 0.219. The van der Waals surface area contributed by atoms with Gasteiger partial charge < -0.3 is 10.2 Å². The molecule has 4 nitrogen and oxygen atoms in total. The second kappa shape index (κ2) is 5.51. The number of nitrogens with zero attached hydrogens (tertiary/aromatic N) is 1. The monoisotopic (exact) mass is 223 g/mol. The Bertz CT molecular complexity index is 348. The number of phenolic OH excluding ortho intramolecular Hbond substituents is 1. The van der Waals surface area contributed by atoms with E-state index >= 15 is 0 Å². The quantitative estimate of drug-likeness (QED) is 0.797. The Kier molecular flexibility index (Phi) is 4.31. The maximum absolute atomic E-state index is 10.9. The van der Waals surface area contributed by atoms with E-state index in [1.165, 1.54) is 0 Å². The number of hydrogen-bond acceptors (Lipinski definition) is 3. The van der Waals surface area contributed by atoms with Gasteiger partial charge >= 0.3 is 5.97 Å². The summed E-state index contributed by atoms with van der Waals surface area (Å²) in [5, 5.41) is 18.1. The van der Waals surface area contributed by atoms with E-state index in [1.54, 1.807) is 36.2 Å². The summed E-state index contributed by atoms with van der Waals surface area (Å²) in [6, 6.07) is 6.32. The number of benzene rings is 1. The minimum Gasteiger partial charge on any atom is -0.508 e. The van der Waals surface area contributed by atoms with Crippen LogP contribution in [0.4, 0.5) is 0 Å². The van der Waals surface area contributed by atoms with Gasteiger partial charge in [-0.25, -0.2) is 0 Å². The van der Waals surface area contributed by atoms with Crippen LogP contribution in [-0.2, 0) is 11.3 Å². The van der Waals surface area contributed by atoms with Crippen LogP contribution in [-0.4, -0.2) is 34.2 Å². The highest BCUT2D eigenvalue weighted by Crippen LogP contribution is 2.13. The molecule has 0 aliphatic rings. The van der Waals surface area contributed by atoms with Crippen LogP contribution in [0.1, 0.15) is 18.9 Å². The Balaban J connectivity index is 2.66. The fourth-order valence-corrected chi connectivity index (χ4v) is 1.67. The Hall–Kier alpha value is -1.55. The van der Waals surface area contributed by atoms with Crippen LogP contribution in [0.2, 0.25) is 0 Å². The van der Waals surface area contributed by atoms with Crippen molar-refractivity contribution in [2.75, 3.05) is 7.05 Å². The molecule has 0 heterocycles. The van der Waals surface area contributed by atoms with Gasteiger partial charge in [-0.1, -0.05) is 19.1 Å². The van der Waals surface area contributed by atoms with E-state index in [4.69, 9.17) is 10.2 Å². The summed E-state index contributed by atoms with van der Waals surface area (Å²) < 4.78 is 0. The van der Waals surface area contributed by atoms with Crippen LogP contribution < -0.4 is 0 Å². The molecule has 0 spiro atoms. The Labute approximate surface area is 95.1 Å². The van der Waals surface area contributed by atoms with Gasteiger partial charge in [0.1, 0.15) is 11.8 Å². The third-order valence-electron chi connectivity index (χ3n) is 2.57. The van der Waals surface area contributed by atoms with Crippen molar-refractivity contribution in [1.82, 2.24) is 4.90 Å². The molecule has 1 unspecified atom stereocenters. The van der Waals surface area contributed by atoms with Gasteiger partial charge in [0.25, 0.3) is 0 Å². The molecule has 88 valence electrons. The number of phenols is 1. The summed E-state index contributed by atoms with van der Waals surface area (Å²) in [5.41, 5.74) is 0.986. The predicted molar refractivity (Wildman–Crippen MR) is 61.3 cm³/mol. The maximum atomic E-state index is 10.9. The third kappa shape index (κ3) is 3.24. The number of hydrogen-bond donors (Lipinski definition) is 2. The van der Waals surface area contributed by atoms with Gasteiger partial charge in [0.2, 0.25) is 0 Å². The lowest BCUT2D eigenvalue weighted by molar-refractivity contribution is -0.143. The molecule has 0 saturated heterocycles. The van der Waals surface area contributed by atoms with Gasteiger partial charge in [0.05, 0.1) is 0 Å². The summed E-state index contributed by atoms with van der Waals surface area (Å²) in [6.45, 7) is 2.41. The average Bonchev–Trinajstić information content (AvgIpc) is 2.22. The van der Waals surface area contributed by atoms with Crippen molar-refractivity contribution in [3.8, 4) is 5.75 Å². The second-order valence-corrected chi connectivity index (χ2v) is 3.84. The Morgan fingerprint density at radius 3 is 2.38 bits per heavy atom. The van der Waals surface area contributed by atoms with Gasteiger partial charge in [0, 0.05) is 6.54 Å². The van der Waals surface area contributed by atoms with Crippen molar-refractivity contribution in [2.45, 2.75) is 25.9 Å². The zero-order valence-corrected chi connectivity index (χ0v) is 9.55. The first-order valence-corrected chi connectivity index (χ1v) is 5.25. The van der Waals surface area contributed by atoms with Crippen LogP contribution in [0.15, 0.2) is 24.3 Å². The van der Waals surface area contributed by atoms with Gasteiger partial charge in [-0.3, -0.25) is 9.69 Å². The van der Waals surface area contributed by atoms with Gasteiger partial charge in [-0.2, -0.15) is 0 Å². The summed E-state index contributed by atoms with van der Waals surface area (Å²) in [6.07, 6.45) is 0.573. The maximum Gasteiger partial charge on any atom is 0.320 e. The average molecular weight is 223 g/mol. The second-order valence-electron chi connectivity index (χ2n) is 3.84. The van der Waals surface area contributed by atoms with E-state index < -0.39 is 12.0 Å². The number of likely N-dealkylation sites (N-methyl/N-ethyl adjacent to an activating group) is 1. The first-order valence-electron chi connectivity index (χ1n) is 5.25. The SMILES string of the molecule is CCC(C(=O)O)N(C)Cc1ccc(O)cc1. The highest BCUT2D eigenvalue weighted by Gasteiger charge is 2.20. The van der Waals surface area contributed by atoms with Gasteiger partial charge in [-0.05, 0) is 31.2 Å². The normalized spacial score (nSPS) is 12.7. The molecule has 1 rings (SSSR count). The largest absolute Gasteiger partial charge is 0.508 e. The van der Waals surface area contributed by atoms with Crippen molar-refractivity contribution < 1.29 is 15.0 Å². The van der Waals surface area contributed by atoms with Crippen LogP contribution in [0.25, 0.3) is 0 Å². The predicted octanol–water partition coefficient (Wildman–Crippen LogP) is 1.69. The standard InChI is InChI=1S/C12H17NO3/c1-3-11(12(15)16)13(2)8-9-4-6-10(14)7-5-9/h4-7,11,14H,3,8H2,1-2H3,(H,15,16). The zero-order chi connectivity index (χ0) is 12.1. The van der Waals surface area contributed by atoms with Crippen LogP contribution in [0.3, 0.4) is 0 Å². The molecular weight excluding hydrogens is 206 g/mol. The molecule has 4 heteroatoms. The molecule has 1 atom stereocenters. The highest BCUT2D eigenvalue weighted by molar-refractivity contribution is 5.73. The number of aromatic hydroxyl groups is 1. The van der Waals surface area contributed by atoms with Crippen molar-refractivity contribution in [1.29, 1.82) is 0 Å².